The SMILES string of the molecule is Cc1c(Br)ccc(OCCOc2ccc(C(=O)O)cc2)c1C. The lowest BCUT2D eigenvalue weighted by Gasteiger charge is -2.12. The van der Waals surface area contributed by atoms with E-state index in [9.17, 15) is 4.79 Å². The van der Waals surface area contributed by atoms with Gasteiger partial charge >= 0.3 is 5.97 Å². The molecule has 0 radical (unpaired) electrons. The summed E-state index contributed by atoms with van der Waals surface area (Å²) in [6.45, 7) is 4.86. The molecule has 0 aliphatic rings. The van der Waals surface area contributed by atoms with Gasteiger partial charge in [-0.05, 0) is 61.4 Å². The summed E-state index contributed by atoms with van der Waals surface area (Å²) in [7, 11) is 0. The number of carboxylic acid groups (broad SMARTS) is 1. The summed E-state index contributed by atoms with van der Waals surface area (Å²) in [6.07, 6.45) is 0. The van der Waals surface area contributed by atoms with Crippen molar-refractivity contribution >= 4 is 21.9 Å². The van der Waals surface area contributed by atoms with Crippen molar-refractivity contribution in [3.63, 3.8) is 0 Å². The third-order valence-electron chi connectivity index (χ3n) is 3.38. The Labute approximate surface area is 137 Å². The van der Waals surface area contributed by atoms with Gasteiger partial charge in [-0.1, -0.05) is 15.9 Å². The minimum atomic E-state index is -0.948. The second-order valence-electron chi connectivity index (χ2n) is 4.82. The van der Waals surface area contributed by atoms with Crippen molar-refractivity contribution in [2.75, 3.05) is 13.2 Å². The summed E-state index contributed by atoms with van der Waals surface area (Å²) >= 11 is 3.49. The average molecular weight is 365 g/mol. The minimum absolute atomic E-state index is 0.240. The zero-order valence-corrected chi connectivity index (χ0v) is 14.0. The fourth-order valence-corrected chi connectivity index (χ4v) is 2.35. The van der Waals surface area contributed by atoms with Crippen LogP contribution in [0.25, 0.3) is 0 Å². The average Bonchev–Trinajstić information content (AvgIpc) is 2.51. The van der Waals surface area contributed by atoms with Crippen LogP contribution >= 0.6 is 15.9 Å². The van der Waals surface area contributed by atoms with Gasteiger partial charge in [-0.15, -0.1) is 0 Å². The molecule has 116 valence electrons. The number of carboxylic acids is 1. The highest BCUT2D eigenvalue weighted by Crippen LogP contribution is 2.27. The molecule has 2 aromatic carbocycles. The molecule has 2 aromatic rings. The van der Waals surface area contributed by atoms with Crippen molar-refractivity contribution in [2.45, 2.75) is 13.8 Å². The minimum Gasteiger partial charge on any atom is -0.490 e. The Balaban J connectivity index is 1.84. The zero-order valence-electron chi connectivity index (χ0n) is 12.4. The number of halogens is 1. The van der Waals surface area contributed by atoms with Gasteiger partial charge in [-0.25, -0.2) is 4.79 Å². The molecular weight excluding hydrogens is 348 g/mol. The molecule has 22 heavy (non-hydrogen) atoms. The Bertz CT molecular complexity index is 665. The fourth-order valence-electron chi connectivity index (χ4n) is 1.92. The summed E-state index contributed by atoms with van der Waals surface area (Å²) in [6, 6.07) is 10.2. The fraction of sp³-hybridized carbons (Fsp3) is 0.235. The van der Waals surface area contributed by atoms with E-state index in [1.807, 2.05) is 26.0 Å². The van der Waals surface area contributed by atoms with E-state index < -0.39 is 5.97 Å². The molecule has 0 fully saturated rings. The molecule has 2 rings (SSSR count). The van der Waals surface area contributed by atoms with E-state index in [2.05, 4.69) is 15.9 Å². The normalized spacial score (nSPS) is 10.3. The van der Waals surface area contributed by atoms with Gasteiger partial charge in [0.1, 0.15) is 24.7 Å². The van der Waals surface area contributed by atoms with Crippen LogP contribution in [0, 0.1) is 13.8 Å². The second-order valence-corrected chi connectivity index (χ2v) is 5.68. The van der Waals surface area contributed by atoms with E-state index >= 15 is 0 Å². The molecule has 0 aliphatic heterocycles. The van der Waals surface area contributed by atoms with Crippen LogP contribution in [-0.2, 0) is 0 Å². The summed E-state index contributed by atoms with van der Waals surface area (Å²) in [5.74, 6) is 0.513. The smallest absolute Gasteiger partial charge is 0.335 e. The predicted molar refractivity (Wildman–Crippen MR) is 88.0 cm³/mol. The number of ether oxygens (including phenoxy) is 2. The van der Waals surface area contributed by atoms with Crippen molar-refractivity contribution in [1.29, 1.82) is 0 Å². The van der Waals surface area contributed by atoms with Gasteiger partial charge in [-0.2, -0.15) is 0 Å². The Morgan fingerprint density at radius 1 is 1.00 bits per heavy atom. The van der Waals surface area contributed by atoms with E-state index in [1.165, 1.54) is 12.1 Å². The predicted octanol–water partition coefficient (Wildman–Crippen LogP) is 4.22. The molecular formula is C17H17BrO4. The lowest BCUT2D eigenvalue weighted by atomic mass is 10.1. The van der Waals surface area contributed by atoms with Crippen molar-refractivity contribution in [3.05, 3.63) is 57.6 Å². The highest BCUT2D eigenvalue weighted by Gasteiger charge is 2.06. The maximum atomic E-state index is 10.7. The lowest BCUT2D eigenvalue weighted by Crippen LogP contribution is -2.10. The van der Waals surface area contributed by atoms with Crippen LogP contribution in [0.15, 0.2) is 40.9 Å². The second kappa shape index (κ2) is 7.31. The van der Waals surface area contributed by atoms with Crippen LogP contribution in [0.5, 0.6) is 11.5 Å². The number of carbonyl (C=O) groups is 1. The van der Waals surface area contributed by atoms with Crippen LogP contribution in [-0.4, -0.2) is 24.3 Å². The van der Waals surface area contributed by atoms with Gasteiger partial charge < -0.3 is 14.6 Å². The van der Waals surface area contributed by atoms with Crippen molar-refractivity contribution in [2.24, 2.45) is 0 Å². The van der Waals surface area contributed by atoms with Crippen LogP contribution in [0.1, 0.15) is 21.5 Å². The first-order valence-corrected chi connectivity index (χ1v) is 7.63. The molecule has 5 heteroatoms. The van der Waals surface area contributed by atoms with Crippen LogP contribution in [0.4, 0.5) is 0 Å². The first-order valence-electron chi connectivity index (χ1n) is 6.83. The summed E-state index contributed by atoms with van der Waals surface area (Å²) in [4.78, 5) is 10.7. The summed E-state index contributed by atoms with van der Waals surface area (Å²) < 4.78 is 12.3. The Morgan fingerprint density at radius 2 is 1.64 bits per heavy atom. The van der Waals surface area contributed by atoms with E-state index in [0.717, 1.165) is 21.3 Å². The standard InChI is InChI=1S/C17H17BrO4/c1-11-12(2)16(8-7-15(11)18)22-10-9-21-14-5-3-13(4-6-14)17(19)20/h3-8H,9-10H2,1-2H3,(H,19,20). The largest absolute Gasteiger partial charge is 0.490 e. The van der Waals surface area contributed by atoms with Gasteiger partial charge in [0.2, 0.25) is 0 Å². The van der Waals surface area contributed by atoms with E-state index in [1.54, 1.807) is 12.1 Å². The van der Waals surface area contributed by atoms with Gasteiger partial charge in [0.15, 0.2) is 0 Å². The van der Waals surface area contributed by atoms with Gasteiger partial charge in [0.05, 0.1) is 5.56 Å². The lowest BCUT2D eigenvalue weighted by molar-refractivity contribution is 0.0697. The molecule has 1 N–H and O–H groups in total. The monoisotopic (exact) mass is 364 g/mol. The number of rotatable bonds is 6. The van der Waals surface area contributed by atoms with E-state index in [-0.39, 0.29) is 5.56 Å². The molecule has 0 aromatic heterocycles. The molecule has 0 unspecified atom stereocenters. The van der Waals surface area contributed by atoms with Gasteiger partial charge in [0, 0.05) is 4.47 Å². The maximum Gasteiger partial charge on any atom is 0.335 e. The molecule has 0 spiro atoms. The van der Waals surface area contributed by atoms with E-state index in [0.29, 0.717) is 19.0 Å². The molecule has 0 saturated heterocycles. The Hall–Kier alpha value is -2.01. The number of hydrogen-bond acceptors (Lipinski definition) is 3. The van der Waals surface area contributed by atoms with Crippen LogP contribution in [0.2, 0.25) is 0 Å². The Morgan fingerprint density at radius 3 is 2.27 bits per heavy atom. The van der Waals surface area contributed by atoms with Crippen molar-refractivity contribution in [1.82, 2.24) is 0 Å². The molecule has 4 nitrogen and oxygen atoms in total. The quantitative estimate of drug-likeness (QED) is 0.779. The van der Waals surface area contributed by atoms with Gasteiger partial charge in [0.25, 0.3) is 0 Å². The maximum absolute atomic E-state index is 10.7. The van der Waals surface area contributed by atoms with Crippen LogP contribution < -0.4 is 9.47 Å². The number of hydrogen-bond donors (Lipinski definition) is 1. The third-order valence-corrected chi connectivity index (χ3v) is 4.24. The van der Waals surface area contributed by atoms with Crippen molar-refractivity contribution in [3.8, 4) is 11.5 Å². The first kappa shape index (κ1) is 16.4. The third kappa shape index (κ3) is 4.01. The molecule has 0 atom stereocenters. The molecule has 0 aliphatic carbocycles. The summed E-state index contributed by atoms with van der Waals surface area (Å²) in [5, 5.41) is 8.82. The Kier molecular flexibility index (Phi) is 5.44. The van der Waals surface area contributed by atoms with Crippen LogP contribution in [0.3, 0.4) is 0 Å². The van der Waals surface area contributed by atoms with E-state index in [4.69, 9.17) is 14.6 Å². The number of aromatic carboxylic acids is 1. The highest BCUT2D eigenvalue weighted by atomic mass is 79.9. The molecule has 0 saturated carbocycles. The van der Waals surface area contributed by atoms with Gasteiger partial charge in [-0.3, -0.25) is 0 Å². The molecule has 0 amide bonds. The van der Waals surface area contributed by atoms with Crippen molar-refractivity contribution < 1.29 is 19.4 Å². The molecule has 0 bridgehead atoms. The molecule has 0 heterocycles. The number of benzene rings is 2. The zero-order chi connectivity index (χ0) is 16.1. The first-order chi connectivity index (χ1) is 10.5. The topological polar surface area (TPSA) is 55.8 Å². The highest BCUT2D eigenvalue weighted by molar-refractivity contribution is 9.10. The summed E-state index contributed by atoms with van der Waals surface area (Å²) in [5.41, 5.74) is 2.49.